The van der Waals surface area contributed by atoms with Crippen LogP contribution in [0.2, 0.25) is 0 Å². The van der Waals surface area contributed by atoms with Crippen molar-refractivity contribution in [3.63, 3.8) is 0 Å². The minimum atomic E-state index is -0.189. The van der Waals surface area contributed by atoms with Crippen LogP contribution in [0.1, 0.15) is 44.1 Å². The highest BCUT2D eigenvalue weighted by Gasteiger charge is 2.14. The van der Waals surface area contributed by atoms with Gasteiger partial charge in [0, 0.05) is 6.04 Å². The van der Waals surface area contributed by atoms with Crippen molar-refractivity contribution in [3.05, 3.63) is 47.3 Å². The highest BCUT2D eigenvalue weighted by Crippen LogP contribution is 2.21. The minimum absolute atomic E-state index is 0.170. The summed E-state index contributed by atoms with van der Waals surface area (Å²) < 4.78 is 12.9. The third kappa shape index (κ3) is 4.44. The molecule has 1 aliphatic rings. The molecule has 3 heteroatoms. The Morgan fingerprint density at radius 3 is 2.58 bits per heavy atom. The Kier molecular flexibility index (Phi) is 5.55. The van der Waals surface area contributed by atoms with E-state index in [4.69, 9.17) is 5.84 Å². The summed E-state index contributed by atoms with van der Waals surface area (Å²) in [6.45, 7) is 0. The number of benzene rings is 1. The minimum Gasteiger partial charge on any atom is -0.271 e. The standard InChI is InChI=1S/C16H23FN2/c17-15-10-8-13(9-11-15)12-16(19-18)14-6-4-2-1-3-5-7-14/h6,8-11,16,19H,1-5,7,12,18H2/b14-6+. The van der Waals surface area contributed by atoms with Crippen LogP contribution < -0.4 is 11.3 Å². The Bertz CT molecular complexity index is 411. The van der Waals surface area contributed by atoms with Gasteiger partial charge in [-0.15, -0.1) is 0 Å². The van der Waals surface area contributed by atoms with Gasteiger partial charge in [0.25, 0.3) is 0 Å². The average Bonchev–Trinajstić information content (AvgIpc) is 2.38. The lowest BCUT2D eigenvalue weighted by atomic mass is 9.92. The summed E-state index contributed by atoms with van der Waals surface area (Å²) in [5, 5.41) is 0. The van der Waals surface area contributed by atoms with Gasteiger partial charge in [-0.05, 0) is 49.8 Å². The molecule has 3 N–H and O–H groups in total. The van der Waals surface area contributed by atoms with Gasteiger partial charge in [-0.25, -0.2) is 4.39 Å². The molecular formula is C16H23FN2. The van der Waals surface area contributed by atoms with Crippen molar-refractivity contribution in [2.45, 2.75) is 51.0 Å². The summed E-state index contributed by atoms with van der Waals surface area (Å²) in [7, 11) is 0. The van der Waals surface area contributed by atoms with E-state index in [-0.39, 0.29) is 11.9 Å². The zero-order valence-corrected chi connectivity index (χ0v) is 11.4. The van der Waals surface area contributed by atoms with Crippen LogP contribution in [0.25, 0.3) is 0 Å². The van der Waals surface area contributed by atoms with Gasteiger partial charge in [0.15, 0.2) is 0 Å². The van der Waals surface area contributed by atoms with Crippen LogP contribution in [-0.2, 0) is 6.42 Å². The second-order valence-electron chi connectivity index (χ2n) is 5.28. The number of hydrogen-bond donors (Lipinski definition) is 2. The number of nitrogens with one attached hydrogen (secondary N) is 1. The molecule has 19 heavy (non-hydrogen) atoms. The van der Waals surface area contributed by atoms with E-state index < -0.39 is 0 Å². The number of hydrazine groups is 1. The summed E-state index contributed by atoms with van der Waals surface area (Å²) in [6.07, 6.45) is 10.6. The molecule has 1 atom stereocenters. The van der Waals surface area contributed by atoms with Crippen molar-refractivity contribution in [2.75, 3.05) is 0 Å². The quantitative estimate of drug-likeness (QED) is 0.495. The van der Waals surface area contributed by atoms with Crippen molar-refractivity contribution in [3.8, 4) is 0 Å². The molecule has 1 aliphatic carbocycles. The van der Waals surface area contributed by atoms with E-state index in [1.807, 2.05) is 12.1 Å². The van der Waals surface area contributed by atoms with Crippen LogP contribution in [0.4, 0.5) is 4.39 Å². The topological polar surface area (TPSA) is 38.0 Å². The molecule has 0 aromatic heterocycles. The Hall–Kier alpha value is -1.19. The fourth-order valence-electron chi connectivity index (χ4n) is 2.69. The Morgan fingerprint density at radius 1 is 1.11 bits per heavy atom. The van der Waals surface area contributed by atoms with Crippen LogP contribution in [0.15, 0.2) is 35.9 Å². The first-order valence-corrected chi connectivity index (χ1v) is 7.19. The second-order valence-corrected chi connectivity index (χ2v) is 5.28. The van der Waals surface area contributed by atoms with Gasteiger partial charge < -0.3 is 0 Å². The molecule has 1 aromatic carbocycles. The summed E-state index contributed by atoms with van der Waals surface area (Å²) in [4.78, 5) is 0. The maximum absolute atomic E-state index is 12.9. The fraction of sp³-hybridized carbons (Fsp3) is 0.500. The van der Waals surface area contributed by atoms with E-state index in [0.717, 1.165) is 24.8 Å². The lowest BCUT2D eigenvalue weighted by Gasteiger charge is -2.21. The normalized spacial score (nSPS) is 21.1. The van der Waals surface area contributed by atoms with Crippen LogP contribution in [0.3, 0.4) is 0 Å². The lowest BCUT2D eigenvalue weighted by Crippen LogP contribution is -2.38. The molecule has 2 rings (SSSR count). The van der Waals surface area contributed by atoms with E-state index in [1.54, 1.807) is 0 Å². The SMILES string of the molecule is NNC(Cc1ccc(F)cc1)/C1=C/CCCCCC1. The average molecular weight is 262 g/mol. The Morgan fingerprint density at radius 2 is 1.84 bits per heavy atom. The number of hydrogen-bond acceptors (Lipinski definition) is 2. The molecule has 2 nitrogen and oxygen atoms in total. The summed E-state index contributed by atoms with van der Waals surface area (Å²) in [6, 6.07) is 6.86. The van der Waals surface area contributed by atoms with E-state index >= 15 is 0 Å². The van der Waals surface area contributed by atoms with Crippen LogP contribution in [0, 0.1) is 5.82 Å². The first-order valence-electron chi connectivity index (χ1n) is 7.19. The Labute approximate surface area is 114 Å². The number of halogens is 1. The Balaban J connectivity index is 2.03. The molecule has 0 saturated heterocycles. The molecule has 1 aromatic rings. The molecule has 0 radical (unpaired) electrons. The first kappa shape index (κ1) is 14.2. The number of nitrogens with two attached hydrogens (primary N) is 1. The van der Waals surface area contributed by atoms with Gasteiger partial charge in [-0.1, -0.05) is 36.6 Å². The predicted molar refractivity (Wildman–Crippen MR) is 77.0 cm³/mol. The van der Waals surface area contributed by atoms with E-state index in [1.165, 1.54) is 43.4 Å². The molecule has 0 spiro atoms. The van der Waals surface area contributed by atoms with Crippen molar-refractivity contribution < 1.29 is 4.39 Å². The lowest BCUT2D eigenvalue weighted by molar-refractivity contribution is 0.536. The highest BCUT2D eigenvalue weighted by atomic mass is 19.1. The zero-order valence-electron chi connectivity index (χ0n) is 11.4. The number of rotatable bonds is 4. The molecule has 0 saturated carbocycles. The molecule has 0 fully saturated rings. The summed E-state index contributed by atoms with van der Waals surface area (Å²) >= 11 is 0. The van der Waals surface area contributed by atoms with Gasteiger partial charge in [0.2, 0.25) is 0 Å². The molecule has 104 valence electrons. The predicted octanol–water partition coefficient (Wildman–Crippen LogP) is 3.48. The van der Waals surface area contributed by atoms with Crippen LogP contribution in [0.5, 0.6) is 0 Å². The van der Waals surface area contributed by atoms with Crippen molar-refractivity contribution >= 4 is 0 Å². The van der Waals surface area contributed by atoms with E-state index in [9.17, 15) is 4.39 Å². The third-order valence-electron chi connectivity index (χ3n) is 3.83. The van der Waals surface area contributed by atoms with Gasteiger partial charge in [0.05, 0.1) is 0 Å². The van der Waals surface area contributed by atoms with E-state index in [0.29, 0.717) is 0 Å². The molecular weight excluding hydrogens is 239 g/mol. The highest BCUT2D eigenvalue weighted by molar-refractivity contribution is 5.22. The van der Waals surface area contributed by atoms with Gasteiger partial charge in [0.1, 0.15) is 5.82 Å². The first-order chi connectivity index (χ1) is 9.29. The van der Waals surface area contributed by atoms with Gasteiger partial charge in [-0.3, -0.25) is 11.3 Å². The maximum atomic E-state index is 12.9. The van der Waals surface area contributed by atoms with Crippen molar-refractivity contribution in [1.82, 2.24) is 5.43 Å². The molecule has 0 amide bonds. The third-order valence-corrected chi connectivity index (χ3v) is 3.83. The molecule has 1 unspecified atom stereocenters. The smallest absolute Gasteiger partial charge is 0.123 e. The summed E-state index contributed by atoms with van der Waals surface area (Å²) in [5.41, 5.74) is 5.45. The van der Waals surface area contributed by atoms with Crippen molar-refractivity contribution in [2.24, 2.45) is 5.84 Å². The van der Waals surface area contributed by atoms with Gasteiger partial charge in [-0.2, -0.15) is 0 Å². The van der Waals surface area contributed by atoms with Crippen LogP contribution in [-0.4, -0.2) is 6.04 Å². The zero-order chi connectivity index (χ0) is 13.5. The largest absolute Gasteiger partial charge is 0.271 e. The maximum Gasteiger partial charge on any atom is 0.123 e. The molecule has 0 heterocycles. The molecule has 0 bridgehead atoms. The monoisotopic (exact) mass is 262 g/mol. The number of allylic oxidation sites excluding steroid dienone is 1. The summed E-state index contributed by atoms with van der Waals surface area (Å²) in [5.74, 6) is 5.52. The molecule has 0 aliphatic heterocycles. The van der Waals surface area contributed by atoms with Crippen LogP contribution >= 0.6 is 0 Å². The second kappa shape index (κ2) is 7.41. The van der Waals surface area contributed by atoms with Crippen molar-refractivity contribution in [1.29, 1.82) is 0 Å². The van der Waals surface area contributed by atoms with Gasteiger partial charge >= 0.3 is 0 Å². The fourth-order valence-corrected chi connectivity index (χ4v) is 2.69. The van der Waals surface area contributed by atoms with E-state index in [2.05, 4.69) is 11.5 Å².